The van der Waals surface area contributed by atoms with Gasteiger partial charge in [-0.1, -0.05) is 0 Å². The number of rotatable bonds is 1. The third-order valence-electron chi connectivity index (χ3n) is 2.35. The molecule has 0 aromatic heterocycles. The molecule has 0 aromatic rings. The first-order chi connectivity index (χ1) is 6.52. The first-order valence-electron chi connectivity index (χ1n) is 4.61. The van der Waals surface area contributed by atoms with Gasteiger partial charge < -0.3 is 18.9 Å². The maximum absolute atomic E-state index is 11.1. The van der Waals surface area contributed by atoms with Crippen molar-refractivity contribution in [3.8, 4) is 0 Å². The van der Waals surface area contributed by atoms with Crippen molar-refractivity contribution < 1.29 is 23.7 Å². The van der Waals surface area contributed by atoms with Crippen molar-refractivity contribution in [2.24, 2.45) is 0 Å². The lowest BCUT2D eigenvalue weighted by molar-refractivity contribution is -0.210. The number of methoxy groups -OCH3 is 1. The van der Waals surface area contributed by atoms with E-state index in [1.165, 1.54) is 7.11 Å². The molecule has 2 rings (SSSR count). The molecule has 0 radical (unpaired) electrons. The van der Waals surface area contributed by atoms with Gasteiger partial charge in [-0.05, 0) is 13.8 Å². The predicted molar refractivity (Wildman–Crippen MR) is 45.3 cm³/mol. The third kappa shape index (κ3) is 1.63. The van der Waals surface area contributed by atoms with E-state index in [4.69, 9.17) is 14.2 Å². The van der Waals surface area contributed by atoms with Crippen LogP contribution in [-0.4, -0.2) is 37.4 Å². The van der Waals surface area contributed by atoms with Crippen molar-refractivity contribution in [2.45, 2.75) is 44.6 Å². The molecule has 80 valence electrons. The van der Waals surface area contributed by atoms with Crippen LogP contribution in [0.4, 0.5) is 0 Å². The van der Waals surface area contributed by atoms with Crippen LogP contribution in [0, 0.1) is 0 Å². The summed E-state index contributed by atoms with van der Waals surface area (Å²) in [6, 6.07) is 0. The van der Waals surface area contributed by atoms with Gasteiger partial charge in [0.2, 0.25) is 0 Å². The number of ether oxygens (including phenoxy) is 4. The van der Waals surface area contributed by atoms with E-state index >= 15 is 0 Å². The molecule has 3 atom stereocenters. The summed E-state index contributed by atoms with van der Waals surface area (Å²) >= 11 is 0. The number of carbonyl (C=O) groups excluding carboxylic acids is 1. The van der Waals surface area contributed by atoms with Crippen molar-refractivity contribution in [3.05, 3.63) is 0 Å². The van der Waals surface area contributed by atoms with Gasteiger partial charge in [0.15, 0.2) is 18.2 Å². The van der Waals surface area contributed by atoms with E-state index in [0.717, 1.165) is 0 Å². The molecule has 2 heterocycles. The van der Waals surface area contributed by atoms with Gasteiger partial charge in [-0.15, -0.1) is 0 Å². The van der Waals surface area contributed by atoms with Gasteiger partial charge in [0.25, 0.3) is 0 Å². The van der Waals surface area contributed by atoms with Crippen LogP contribution in [0.1, 0.15) is 20.3 Å². The Morgan fingerprint density at radius 2 is 2.14 bits per heavy atom. The average molecular weight is 202 g/mol. The number of hydrogen-bond acceptors (Lipinski definition) is 5. The summed E-state index contributed by atoms with van der Waals surface area (Å²) in [5.74, 6) is -0.986. The molecular formula is C9H14O5. The fourth-order valence-corrected chi connectivity index (χ4v) is 1.79. The van der Waals surface area contributed by atoms with Gasteiger partial charge in [-0.3, -0.25) is 0 Å². The summed E-state index contributed by atoms with van der Waals surface area (Å²) in [4.78, 5) is 11.1. The van der Waals surface area contributed by atoms with E-state index in [-0.39, 0.29) is 12.1 Å². The maximum atomic E-state index is 11.1. The molecule has 0 unspecified atom stereocenters. The Balaban J connectivity index is 1.97. The summed E-state index contributed by atoms with van der Waals surface area (Å²) < 4.78 is 20.9. The van der Waals surface area contributed by atoms with Crippen LogP contribution in [0.2, 0.25) is 0 Å². The first-order valence-corrected chi connectivity index (χ1v) is 4.61. The SMILES string of the molecule is COC(=O)[C@H]1C[C@H]2OC(C)(C)O[C@H]2O1. The average Bonchev–Trinajstić information content (AvgIpc) is 2.56. The van der Waals surface area contributed by atoms with Crippen LogP contribution in [-0.2, 0) is 23.7 Å². The topological polar surface area (TPSA) is 54.0 Å². The lowest BCUT2D eigenvalue weighted by atomic mass is 10.2. The molecule has 0 amide bonds. The second kappa shape index (κ2) is 3.18. The Hall–Kier alpha value is -0.650. The van der Waals surface area contributed by atoms with Gasteiger partial charge in [0.1, 0.15) is 6.10 Å². The Labute approximate surface area is 82.3 Å². The second-order valence-electron chi connectivity index (χ2n) is 3.93. The molecule has 0 saturated carbocycles. The van der Waals surface area contributed by atoms with Crippen LogP contribution in [0.3, 0.4) is 0 Å². The van der Waals surface area contributed by atoms with Crippen molar-refractivity contribution in [1.82, 2.24) is 0 Å². The highest BCUT2D eigenvalue weighted by Crippen LogP contribution is 2.37. The largest absolute Gasteiger partial charge is 0.467 e. The smallest absolute Gasteiger partial charge is 0.335 e. The van der Waals surface area contributed by atoms with Crippen molar-refractivity contribution in [3.63, 3.8) is 0 Å². The summed E-state index contributed by atoms with van der Waals surface area (Å²) in [6.07, 6.45) is -0.643. The molecule has 0 aromatic carbocycles. The number of carbonyl (C=O) groups is 1. The van der Waals surface area contributed by atoms with Gasteiger partial charge in [0, 0.05) is 6.42 Å². The van der Waals surface area contributed by atoms with E-state index in [1.54, 1.807) is 0 Å². The lowest BCUT2D eigenvalue weighted by Gasteiger charge is -2.19. The van der Waals surface area contributed by atoms with Crippen LogP contribution < -0.4 is 0 Å². The summed E-state index contributed by atoms with van der Waals surface area (Å²) in [5.41, 5.74) is 0. The zero-order valence-corrected chi connectivity index (χ0v) is 8.48. The molecule has 0 aliphatic carbocycles. The number of hydrogen-bond donors (Lipinski definition) is 0. The minimum atomic E-state index is -0.615. The van der Waals surface area contributed by atoms with Crippen LogP contribution >= 0.6 is 0 Å². The molecule has 14 heavy (non-hydrogen) atoms. The predicted octanol–water partition coefficient (Wildman–Crippen LogP) is 0.426. The Morgan fingerprint density at radius 1 is 1.43 bits per heavy atom. The zero-order chi connectivity index (χ0) is 10.3. The second-order valence-corrected chi connectivity index (χ2v) is 3.93. The fourth-order valence-electron chi connectivity index (χ4n) is 1.79. The first kappa shape index (κ1) is 9.89. The minimum Gasteiger partial charge on any atom is -0.467 e. The molecule has 2 aliphatic rings. The van der Waals surface area contributed by atoms with Crippen LogP contribution in [0.5, 0.6) is 0 Å². The van der Waals surface area contributed by atoms with E-state index in [2.05, 4.69) is 4.74 Å². The molecular weight excluding hydrogens is 188 g/mol. The Morgan fingerprint density at radius 3 is 2.71 bits per heavy atom. The fraction of sp³-hybridized carbons (Fsp3) is 0.889. The minimum absolute atomic E-state index is 0.158. The summed E-state index contributed by atoms with van der Waals surface area (Å²) in [7, 11) is 1.34. The lowest BCUT2D eigenvalue weighted by Crippen LogP contribution is -2.28. The zero-order valence-electron chi connectivity index (χ0n) is 8.48. The summed E-state index contributed by atoms with van der Waals surface area (Å²) in [6.45, 7) is 3.64. The molecule has 2 saturated heterocycles. The van der Waals surface area contributed by atoms with E-state index in [9.17, 15) is 4.79 Å². The third-order valence-corrected chi connectivity index (χ3v) is 2.35. The van der Waals surface area contributed by atoms with Crippen LogP contribution in [0.15, 0.2) is 0 Å². The molecule has 0 spiro atoms. The van der Waals surface area contributed by atoms with Gasteiger partial charge in [0.05, 0.1) is 7.11 Å². The van der Waals surface area contributed by atoms with Gasteiger partial charge >= 0.3 is 5.97 Å². The molecule has 0 bridgehead atoms. The van der Waals surface area contributed by atoms with E-state index in [0.29, 0.717) is 6.42 Å². The van der Waals surface area contributed by atoms with Crippen molar-refractivity contribution >= 4 is 5.97 Å². The number of fused-ring (bicyclic) bond motifs is 1. The molecule has 5 heteroatoms. The van der Waals surface area contributed by atoms with Crippen molar-refractivity contribution in [1.29, 1.82) is 0 Å². The van der Waals surface area contributed by atoms with Gasteiger partial charge in [-0.2, -0.15) is 0 Å². The highest BCUT2D eigenvalue weighted by molar-refractivity contribution is 5.74. The quantitative estimate of drug-likeness (QED) is 0.577. The number of esters is 1. The summed E-state index contributed by atoms with van der Waals surface area (Å²) in [5, 5.41) is 0. The molecule has 2 aliphatic heterocycles. The highest BCUT2D eigenvalue weighted by atomic mass is 16.8. The van der Waals surface area contributed by atoms with Crippen LogP contribution in [0.25, 0.3) is 0 Å². The molecule has 0 N–H and O–H groups in total. The molecule has 2 fully saturated rings. The maximum Gasteiger partial charge on any atom is 0.335 e. The normalized spacial score (nSPS) is 39.5. The van der Waals surface area contributed by atoms with E-state index in [1.807, 2.05) is 13.8 Å². The highest BCUT2D eigenvalue weighted by Gasteiger charge is 2.50. The van der Waals surface area contributed by atoms with Gasteiger partial charge in [-0.25, -0.2) is 4.79 Å². The van der Waals surface area contributed by atoms with Crippen molar-refractivity contribution in [2.75, 3.05) is 7.11 Å². The Kier molecular flexibility index (Phi) is 2.25. The monoisotopic (exact) mass is 202 g/mol. The van der Waals surface area contributed by atoms with E-state index < -0.39 is 18.2 Å². The standard InChI is InChI=1S/C9H14O5/c1-9(2)13-6-4-5(7(10)11-3)12-8(6)14-9/h5-6,8H,4H2,1-3H3/t5-,6-,8-/m1/s1. The molecule has 5 nitrogen and oxygen atoms in total. The Bertz CT molecular complexity index is 234.